The molecule has 1 aliphatic carbocycles. The third-order valence-electron chi connectivity index (χ3n) is 3.36. The molecule has 0 amide bonds. The van der Waals surface area contributed by atoms with Crippen molar-refractivity contribution in [1.82, 2.24) is 0 Å². The van der Waals surface area contributed by atoms with E-state index in [-0.39, 0.29) is 0 Å². The van der Waals surface area contributed by atoms with Crippen molar-refractivity contribution in [1.29, 1.82) is 0 Å². The van der Waals surface area contributed by atoms with Crippen molar-refractivity contribution in [2.75, 3.05) is 5.32 Å². The second kappa shape index (κ2) is 5.09. The highest BCUT2D eigenvalue weighted by Crippen LogP contribution is 2.22. The van der Waals surface area contributed by atoms with Gasteiger partial charge in [-0.1, -0.05) is 54.6 Å². The molecule has 1 aliphatic rings. The summed E-state index contributed by atoms with van der Waals surface area (Å²) in [4.78, 5) is 0. The summed E-state index contributed by atoms with van der Waals surface area (Å²) in [6, 6.07) is 19.7. The van der Waals surface area contributed by atoms with Gasteiger partial charge in [0.15, 0.2) is 0 Å². The van der Waals surface area contributed by atoms with E-state index >= 15 is 0 Å². The van der Waals surface area contributed by atoms with Crippen LogP contribution in [0.5, 0.6) is 0 Å². The fraction of sp³-hybridized carbons (Fsp3) is 0.176. The molecule has 1 unspecified atom stereocenters. The van der Waals surface area contributed by atoms with Crippen molar-refractivity contribution in [3.8, 4) is 11.1 Å². The third-order valence-corrected chi connectivity index (χ3v) is 3.36. The first-order chi connectivity index (χ1) is 8.92. The van der Waals surface area contributed by atoms with Crippen LogP contribution >= 0.6 is 0 Å². The lowest BCUT2D eigenvalue weighted by Crippen LogP contribution is -2.12. The Morgan fingerprint density at radius 3 is 2.22 bits per heavy atom. The molecule has 2 aromatic rings. The van der Waals surface area contributed by atoms with Crippen molar-refractivity contribution < 1.29 is 0 Å². The molecular weight excluding hydrogens is 218 g/mol. The highest BCUT2D eigenvalue weighted by molar-refractivity contribution is 5.66. The van der Waals surface area contributed by atoms with E-state index in [9.17, 15) is 0 Å². The molecule has 0 heterocycles. The van der Waals surface area contributed by atoms with Gasteiger partial charge in [-0.05, 0) is 36.1 Å². The van der Waals surface area contributed by atoms with Gasteiger partial charge in [-0.3, -0.25) is 0 Å². The van der Waals surface area contributed by atoms with Gasteiger partial charge in [-0.25, -0.2) is 0 Å². The number of anilines is 1. The van der Waals surface area contributed by atoms with E-state index < -0.39 is 0 Å². The van der Waals surface area contributed by atoms with E-state index in [1.54, 1.807) is 0 Å². The minimum Gasteiger partial charge on any atom is -0.379 e. The molecule has 0 aliphatic heterocycles. The maximum absolute atomic E-state index is 3.53. The summed E-state index contributed by atoms with van der Waals surface area (Å²) in [5, 5.41) is 3.53. The lowest BCUT2D eigenvalue weighted by Gasteiger charge is -2.12. The minimum atomic E-state index is 0.507. The normalized spacial score (nSPS) is 17.9. The number of hydrogen-bond acceptors (Lipinski definition) is 1. The van der Waals surface area contributed by atoms with Crippen LogP contribution in [0.3, 0.4) is 0 Å². The Morgan fingerprint density at radius 2 is 1.56 bits per heavy atom. The van der Waals surface area contributed by atoms with Crippen LogP contribution in [-0.4, -0.2) is 6.04 Å². The van der Waals surface area contributed by atoms with Crippen molar-refractivity contribution in [2.24, 2.45) is 0 Å². The highest BCUT2D eigenvalue weighted by atomic mass is 14.9. The van der Waals surface area contributed by atoms with Crippen LogP contribution in [0.25, 0.3) is 11.1 Å². The Bertz CT molecular complexity index is 525. The van der Waals surface area contributed by atoms with E-state index in [0.29, 0.717) is 6.04 Å². The van der Waals surface area contributed by atoms with Gasteiger partial charge in [0.1, 0.15) is 0 Å². The lowest BCUT2D eigenvalue weighted by atomic mass is 10.1. The molecule has 1 N–H and O–H groups in total. The van der Waals surface area contributed by atoms with E-state index in [4.69, 9.17) is 0 Å². The number of benzene rings is 2. The van der Waals surface area contributed by atoms with Gasteiger partial charge in [0.05, 0.1) is 0 Å². The van der Waals surface area contributed by atoms with Crippen molar-refractivity contribution >= 4 is 5.69 Å². The quantitative estimate of drug-likeness (QED) is 0.773. The van der Waals surface area contributed by atoms with Gasteiger partial charge in [-0.2, -0.15) is 0 Å². The minimum absolute atomic E-state index is 0.507. The van der Waals surface area contributed by atoms with Gasteiger partial charge >= 0.3 is 0 Å². The maximum Gasteiger partial charge on any atom is 0.0447 e. The summed E-state index contributed by atoms with van der Waals surface area (Å²) in [6.45, 7) is 0. The predicted octanol–water partition coefficient (Wildman–Crippen LogP) is 4.48. The van der Waals surface area contributed by atoms with Crippen LogP contribution in [0, 0.1) is 0 Å². The lowest BCUT2D eigenvalue weighted by molar-refractivity contribution is 0.826. The smallest absolute Gasteiger partial charge is 0.0447 e. The average Bonchev–Trinajstić information content (AvgIpc) is 2.94. The molecule has 90 valence electrons. The summed E-state index contributed by atoms with van der Waals surface area (Å²) < 4.78 is 0. The Balaban J connectivity index is 1.75. The van der Waals surface area contributed by atoms with Gasteiger partial charge in [0, 0.05) is 11.7 Å². The van der Waals surface area contributed by atoms with E-state index in [2.05, 4.69) is 66.0 Å². The second-order valence-corrected chi connectivity index (χ2v) is 4.70. The first-order valence-electron chi connectivity index (χ1n) is 6.50. The molecule has 1 nitrogen and oxygen atoms in total. The van der Waals surface area contributed by atoms with Gasteiger partial charge in [0.2, 0.25) is 0 Å². The first kappa shape index (κ1) is 11.1. The molecule has 0 fully saturated rings. The zero-order valence-corrected chi connectivity index (χ0v) is 10.3. The highest BCUT2D eigenvalue weighted by Gasteiger charge is 2.08. The largest absolute Gasteiger partial charge is 0.379 e. The molecule has 0 radical (unpaired) electrons. The zero-order chi connectivity index (χ0) is 12.2. The third kappa shape index (κ3) is 2.45. The summed E-state index contributed by atoms with van der Waals surface area (Å²) in [5.74, 6) is 0. The fourth-order valence-corrected chi connectivity index (χ4v) is 2.36. The number of rotatable bonds is 3. The molecule has 0 saturated heterocycles. The topological polar surface area (TPSA) is 12.0 Å². The molecule has 1 atom stereocenters. The standard InChI is InChI=1S/C17H17N/c1-2-6-14(7-3-1)15-10-12-17(13-11-15)18-16-8-4-5-9-16/h1-4,6-8,10-13,16,18H,5,9H2. The van der Waals surface area contributed by atoms with Gasteiger partial charge in [0.25, 0.3) is 0 Å². The van der Waals surface area contributed by atoms with Crippen LogP contribution in [0.2, 0.25) is 0 Å². The second-order valence-electron chi connectivity index (χ2n) is 4.70. The molecule has 0 saturated carbocycles. The van der Waals surface area contributed by atoms with Crippen LogP contribution in [0.4, 0.5) is 5.69 Å². The summed E-state index contributed by atoms with van der Waals surface area (Å²) in [7, 11) is 0. The fourth-order valence-electron chi connectivity index (χ4n) is 2.36. The molecule has 2 aromatic carbocycles. The van der Waals surface area contributed by atoms with Crippen LogP contribution in [0.15, 0.2) is 66.7 Å². The SMILES string of the molecule is C1=CC(Nc2ccc(-c3ccccc3)cc2)CC1. The molecular formula is C17H17N. The number of allylic oxidation sites excluding steroid dienone is 1. The monoisotopic (exact) mass is 235 g/mol. The number of nitrogens with one attached hydrogen (secondary N) is 1. The maximum atomic E-state index is 3.53. The average molecular weight is 235 g/mol. The van der Waals surface area contributed by atoms with Crippen molar-refractivity contribution in [3.05, 3.63) is 66.7 Å². The molecule has 0 bridgehead atoms. The van der Waals surface area contributed by atoms with E-state index in [1.807, 2.05) is 6.07 Å². The van der Waals surface area contributed by atoms with E-state index in [0.717, 1.165) is 0 Å². The Kier molecular flexibility index (Phi) is 3.14. The predicted molar refractivity (Wildman–Crippen MR) is 77.7 cm³/mol. The van der Waals surface area contributed by atoms with Crippen LogP contribution in [-0.2, 0) is 0 Å². The van der Waals surface area contributed by atoms with Crippen LogP contribution < -0.4 is 5.32 Å². The Labute approximate surface area is 108 Å². The number of hydrogen-bond donors (Lipinski definition) is 1. The Morgan fingerprint density at radius 1 is 0.833 bits per heavy atom. The molecule has 3 rings (SSSR count). The van der Waals surface area contributed by atoms with Crippen molar-refractivity contribution in [2.45, 2.75) is 18.9 Å². The van der Waals surface area contributed by atoms with Crippen molar-refractivity contribution in [3.63, 3.8) is 0 Å². The summed E-state index contributed by atoms with van der Waals surface area (Å²) in [5.41, 5.74) is 3.74. The molecule has 18 heavy (non-hydrogen) atoms. The summed E-state index contributed by atoms with van der Waals surface area (Å²) >= 11 is 0. The molecule has 0 spiro atoms. The molecule has 0 aromatic heterocycles. The molecule has 1 heteroatoms. The Hall–Kier alpha value is -2.02. The zero-order valence-electron chi connectivity index (χ0n) is 10.3. The van der Waals surface area contributed by atoms with Gasteiger partial charge < -0.3 is 5.32 Å². The van der Waals surface area contributed by atoms with Gasteiger partial charge in [-0.15, -0.1) is 0 Å². The first-order valence-corrected chi connectivity index (χ1v) is 6.50. The summed E-state index contributed by atoms with van der Waals surface area (Å²) in [6.07, 6.45) is 6.90. The van der Waals surface area contributed by atoms with E-state index in [1.165, 1.54) is 29.7 Å². The van der Waals surface area contributed by atoms with Crippen LogP contribution in [0.1, 0.15) is 12.8 Å².